The third kappa shape index (κ3) is 6.03. The minimum absolute atomic E-state index is 0.0477. The van der Waals surface area contributed by atoms with E-state index in [1.807, 2.05) is 19.0 Å². The van der Waals surface area contributed by atoms with Crippen LogP contribution >= 0.6 is 0 Å². The Morgan fingerprint density at radius 1 is 1.26 bits per heavy atom. The Morgan fingerprint density at radius 2 is 1.93 bits per heavy atom. The summed E-state index contributed by atoms with van der Waals surface area (Å²) >= 11 is 0. The maximum Gasteiger partial charge on any atom is 0.304 e. The SMILES string of the molecule is CN(C)Cc1noc(C(CCCC2(C(C)(C)C)CCCCC2)CC(=O)O)n1. The van der Waals surface area contributed by atoms with Crippen LogP contribution in [0.1, 0.15) is 96.2 Å². The minimum atomic E-state index is -0.810. The molecule has 1 aromatic heterocycles. The summed E-state index contributed by atoms with van der Waals surface area (Å²) in [5.74, 6) is 0.0774. The van der Waals surface area contributed by atoms with Crippen LogP contribution in [-0.2, 0) is 11.3 Å². The van der Waals surface area contributed by atoms with Gasteiger partial charge in [0.05, 0.1) is 13.0 Å². The van der Waals surface area contributed by atoms with Gasteiger partial charge >= 0.3 is 5.97 Å². The third-order valence-corrected chi connectivity index (χ3v) is 6.32. The molecule has 0 aliphatic heterocycles. The van der Waals surface area contributed by atoms with E-state index in [1.54, 1.807) is 0 Å². The molecular weight excluding hydrogens is 342 g/mol. The van der Waals surface area contributed by atoms with Crippen molar-refractivity contribution < 1.29 is 14.4 Å². The second-order valence-electron chi connectivity index (χ2n) is 9.56. The molecule has 1 atom stereocenters. The van der Waals surface area contributed by atoms with Gasteiger partial charge in [0.25, 0.3) is 0 Å². The van der Waals surface area contributed by atoms with Gasteiger partial charge in [-0.15, -0.1) is 0 Å². The van der Waals surface area contributed by atoms with Gasteiger partial charge in [-0.2, -0.15) is 4.98 Å². The summed E-state index contributed by atoms with van der Waals surface area (Å²) < 4.78 is 5.41. The zero-order chi connectivity index (χ0) is 20.1. The lowest BCUT2D eigenvalue weighted by Crippen LogP contribution is -2.37. The van der Waals surface area contributed by atoms with E-state index >= 15 is 0 Å². The molecule has 1 saturated carbocycles. The first-order valence-corrected chi connectivity index (χ1v) is 10.3. The molecule has 0 spiro atoms. The standard InChI is InChI=1S/C21H37N3O3/c1-20(2,3)21(11-7-6-8-12-21)13-9-10-16(14-18(25)26)19-22-17(23-27-19)15-24(4)5/h16H,6-15H2,1-5H3,(H,25,26). The van der Waals surface area contributed by atoms with Crippen LogP contribution in [0.4, 0.5) is 0 Å². The van der Waals surface area contributed by atoms with Gasteiger partial charge in [-0.05, 0) is 50.6 Å². The Labute approximate surface area is 163 Å². The van der Waals surface area contributed by atoms with E-state index in [2.05, 4.69) is 30.9 Å². The molecule has 0 aromatic carbocycles. The number of nitrogens with zero attached hydrogens (tertiary/aromatic N) is 3. The molecule has 0 amide bonds. The molecule has 0 saturated heterocycles. The molecule has 1 aliphatic carbocycles. The number of carboxylic acid groups (broad SMARTS) is 1. The zero-order valence-corrected chi connectivity index (χ0v) is 17.8. The van der Waals surface area contributed by atoms with Gasteiger partial charge in [0.1, 0.15) is 0 Å². The smallest absolute Gasteiger partial charge is 0.304 e. The van der Waals surface area contributed by atoms with Crippen molar-refractivity contribution in [3.8, 4) is 0 Å². The zero-order valence-electron chi connectivity index (χ0n) is 17.8. The van der Waals surface area contributed by atoms with Gasteiger partial charge in [0, 0.05) is 5.92 Å². The maximum absolute atomic E-state index is 11.4. The number of carboxylic acids is 1. The van der Waals surface area contributed by atoms with Crippen molar-refractivity contribution in [2.24, 2.45) is 10.8 Å². The van der Waals surface area contributed by atoms with Gasteiger partial charge in [-0.3, -0.25) is 4.79 Å². The van der Waals surface area contributed by atoms with Crippen LogP contribution in [0.3, 0.4) is 0 Å². The van der Waals surface area contributed by atoms with Crippen molar-refractivity contribution >= 4 is 5.97 Å². The van der Waals surface area contributed by atoms with Gasteiger partial charge < -0.3 is 14.5 Å². The van der Waals surface area contributed by atoms with Crippen LogP contribution in [0.15, 0.2) is 4.52 Å². The Morgan fingerprint density at radius 3 is 2.48 bits per heavy atom. The van der Waals surface area contributed by atoms with E-state index in [9.17, 15) is 9.90 Å². The van der Waals surface area contributed by atoms with Crippen LogP contribution in [0.2, 0.25) is 0 Å². The topological polar surface area (TPSA) is 79.5 Å². The van der Waals surface area contributed by atoms with Crippen LogP contribution in [0, 0.1) is 10.8 Å². The van der Waals surface area contributed by atoms with E-state index in [0.717, 1.165) is 19.3 Å². The van der Waals surface area contributed by atoms with Crippen molar-refractivity contribution in [2.45, 2.75) is 91.0 Å². The summed E-state index contributed by atoms with van der Waals surface area (Å²) in [7, 11) is 3.89. The number of rotatable bonds is 9. The van der Waals surface area contributed by atoms with Gasteiger partial charge in [-0.25, -0.2) is 0 Å². The quantitative estimate of drug-likeness (QED) is 0.660. The highest BCUT2D eigenvalue weighted by atomic mass is 16.5. The first-order chi connectivity index (χ1) is 12.6. The minimum Gasteiger partial charge on any atom is -0.481 e. The monoisotopic (exact) mass is 379 g/mol. The van der Waals surface area contributed by atoms with Crippen LogP contribution in [0.5, 0.6) is 0 Å². The molecule has 1 N–H and O–H groups in total. The maximum atomic E-state index is 11.4. The van der Waals surface area contributed by atoms with E-state index in [1.165, 1.54) is 32.1 Å². The second-order valence-corrected chi connectivity index (χ2v) is 9.56. The lowest BCUT2D eigenvalue weighted by Gasteiger charge is -2.48. The summed E-state index contributed by atoms with van der Waals surface area (Å²) in [6, 6.07) is 0. The van der Waals surface area contributed by atoms with E-state index in [4.69, 9.17) is 4.52 Å². The highest BCUT2D eigenvalue weighted by Gasteiger charge is 2.41. The van der Waals surface area contributed by atoms with E-state index < -0.39 is 5.97 Å². The predicted molar refractivity (Wildman–Crippen MR) is 106 cm³/mol. The fourth-order valence-corrected chi connectivity index (χ4v) is 4.59. The Kier molecular flexibility index (Phi) is 7.43. The Bertz CT molecular complexity index is 598. The lowest BCUT2D eigenvalue weighted by molar-refractivity contribution is -0.137. The van der Waals surface area contributed by atoms with E-state index in [-0.39, 0.29) is 17.8 Å². The molecule has 0 bridgehead atoms. The fourth-order valence-electron chi connectivity index (χ4n) is 4.59. The Balaban J connectivity index is 2.03. The average molecular weight is 380 g/mol. The number of aliphatic carboxylic acids is 1. The molecule has 2 rings (SSSR count). The summed E-state index contributed by atoms with van der Waals surface area (Å²) in [6.07, 6.45) is 9.52. The molecule has 1 heterocycles. The normalized spacial score (nSPS) is 18.6. The number of hydrogen-bond donors (Lipinski definition) is 1. The van der Waals surface area contributed by atoms with Crippen molar-refractivity contribution in [2.75, 3.05) is 14.1 Å². The van der Waals surface area contributed by atoms with E-state index in [0.29, 0.717) is 23.7 Å². The molecule has 1 aromatic rings. The molecule has 1 aliphatic rings. The molecule has 1 fully saturated rings. The second kappa shape index (κ2) is 9.18. The molecule has 0 radical (unpaired) electrons. The van der Waals surface area contributed by atoms with Crippen LogP contribution < -0.4 is 0 Å². The molecule has 6 nitrogen and oxygen atoms in total. The number of carbonyl (C=O) groups is 1. The molecule has 154 valence electrons. The van der Waals surface area contributed by atoms with Crippen molar-refractivity contribution in [3.05, 3.63) is 11.7 Å². The summed E-state index contributed by atoms with van der Waals surface area (Å²) in [5.41, 5.74) is 0.642. The van der Waals surface area contributed by atoms with Crippen LogP contribution in [-0.4, -0.2) is 40.2 Å². The Hall–Kier alpha value is -1.43. The first-order valence-electron chi connectivity index (χ1n) is 10.3. The van der Waals surface area contributed by atoms with Gasteiger partial charge in [0.2, 0.25) is 5.89 Å². The largest absolute Gasteiger partial charge is 0.481 e. The van der Waals surface area contributed by atoms with Crippen molar-refractivity contribution in [1.82, 2.24) is 15.0 Å². The molecule has 6 heteroatoms. The summed E-state index contributed by atoms with van der Waals surface area (Å²) in [4.78, 5) is 17.8. The average Bonchev–Trinajstić information content (AvgIpc) is 3.01. The van der Waals surface area contributed by atoms with Gasteiger partial charge in [-0.1, -0.05) is 51.6 Å². The molecular formula is C21H37N3O3. The van der Waals surface area contributed by atoms with Gasteiger partial charge in [0.15, 0.2) is 5.82 Å². The predicted octanol–water partition coefficient (Wildman–Crippen LogP) is 4.86. The number of hydrogen-bond acceptors (Lipinski definition) is 5. The summed E-state index contributed by atoms with van der Waals surface area (Å²) in [5, 5.41) is 13.3. The lowest BCUT2D eigenvalue weighted by atomic mass is 9.57. The first kappa shape index (κ1) is 21.9. The molecule has 27 heavy (non-hydrogen) atoms. The fraction of sp³-hybridized carbons (Fsp3) is 0.857. The molecule has 1 unspecified atom stereocenters. The third-order valence-electron chi connectivity index (χ3n) is 6.32. The van der Waals surface area contributed by atoms with Crippen molar-refractivity contribution in [1.29, 1.82) is 0 Å². The van der Waals surface area contributed by atoms with Crippen molar-refractivity contribution in [3.63, 3.8) is 0 Å². The highest BCUT2D eigenvalue weighted by Crippen LogP contribution is 2.53. The van der Waals surface area contributed by atoms with Crippen LogP contribution in [0.25, 0.3) is 0 Å². The highest BCUT2D eigenvalue weighted by molar-refractivity contribution is 5.67. The number of aromatic nitrogens is 2. The summed E-state index contributed by atoms with van der Waals surface area (Å²) in [6.45, 7) is 7.67.